The number of nitro benzene ring substituents is 1. The highest BCUT2D eigenvalue weighted by molar-refractivity contribution is 5.71. The number of nitrogens with zero attached hydrogens (tertiary/aromatic N) is 1. The molecule has 1 rings (SSSR count). The van der Waals surface area contributed by atoms with Crippen molar-refractivity contribution in [1.82, 2.24) is 10.6 Å². The standard InChI is InChI=1S/C13H17N3O6/c1-4-8-5-6-9(7-10(8)16(19)20)11(14-12(17)21-2)15-13(18)22-3/h5-7,11H,4H2,1-3H3,(H,14,17)(H,15,18). The highest BCUT2D eigenvalue weighted by Gasteiger charge is 2.21. The van der Waals surface area contributed by atoms with Crippen molar-refractivity contribution in [1.29, 1.82) is 0 Å². The fourth-order valence-electron chi connectivity index (χ4n) is 1.79. The lowest BCUT2D eigenvalue weighted by Crippen LogP contribution is -2.41. The van der Waals surface area contributed by atoms with Gasteiger partial charge in [-0.15, -0.1) is 0 Å². The van der Waals surface area contributed by atoms with Gasteiger partial charge in [-0.1, -0.05) is 19.1 Å². The van der Waals surface area contributed by atoms with Crippen LogP contribution in [0.4, 0.5) is 15.3 Å². The van der Waals surface area contributed by atoms with Crippen LogP contribution in [-0.2, 0) is 15.9 Å². The van der Waals surface area contributed by atoms with Gasteiger partial charge in [-0.3, -0.25) is 20.7 Å². The number of carbonyl (C=O) groups excluding carboxylic acids is 2. The van der Waals surface area contributed by atoms with Gasteiger partial charge in [-0.2, -0.15) is 0 Å². The Balaban J connectivity index is 3.17. The summed E-state index contributed by atoms with van der Waals surface area (Å²) in [5, 5.41) is 15.8. The third kappa shape index (κ3) is 4.33. The van der Waals surface area contributed by atoms with Crippen LogP contribution in [0.2, 0.25) is 0 Å². The first kappa shape index (κ1) is 17.2. The molecule has 0 aliphatic rings. The summed E-state index contributed by atoms with van der Waals surface area (Å²) in [6.07, 6.45) is -2.15. The molecule has 0 saturated carbocycles. The highest BCUT2D eigenvalue weighted by Crippen LogP contribution is 2.23. The van der Waals surface area contributed by atoms with E-state index in [1.807, 2.05) is 0 Å². The topological polar surface area (TPSA) is 120 Å². The lowest BCUT2D eigenvalue weighted by molar-refractivity contribution is -0.385. The van der Waals surface area contributed by atoms with Gasteiger partial charge in [0.2, 0.25) is 0 Å². The number of nitro groups is 1. The molecule has 2 amide bonds. The summed E-state index contributed by atoms with van der Waals surface area (Å²) < 4.78 is 8.93. The average molecular weight is 311 g/mol. The van der Waals surface area contributed by atoms with Crippen LogP contribution in [0.3, 0.4) is 0 Å². The van der Waals surface area contributed by atoms with E-state index in [0.29, 0.717) is 17.5 Å². The molecule has 0 radical (unpaired) electrons. The maximum absolute atomic E-state index is 11.3. The lowest BCUT2D eigenvalue weighted by Gasteiger charge is -2.19. The van der Waals surface area contributed by atoms with Crippen LogP contribution in [-0.4, -0.2) is 31.3 Å². The first-order valence-electron chi connectivity index (χ1n) is 6.39. The second-order valence-corrected chi connectivity index (χ2v) is 4.20. The van der Waals surface area contributed by atoms with Gasteiger partial charge in [0.1, 0.15) is 6.17 Å². The Morgan fingerprint density at radius 1 is 1.23 bits per heavy atom. The molecule has 0 saturated heterocycles. The molecule has 0 aromatic heterocycles. The van der Waals surface area contributed by atoms with E-state index < -0.39 is 23.3 Å². The van der Waals surface area contributed by atoms with Crippen molar-refractivity contribution in [2.75, 3.05) is 14.2 Å². The molecule has 9 nitrogen and oxygen atoms in total. The van der Waals surface area contributed by atoms with Crippen LogP contribution in [0.25, 0.3) is 0 Å². The summed E-state index contributed by atoms with van der Waals surface area (Å²) in [5.74, 6) is 0. The number of benzene rings is 1. The second-order valence-electron chi connectivity index (χ2n) is 4.20. The van der Waals surface area contributed by atoms with Crippen LogP contribution < -0.4 is 10.6 Å². The Bertz CT molecular complexity index is 557. The zero-order valence-electron chi connectivity index (χ0n) is 12.4. The van der Waals surface area contributed by atoms with E-state index >= 15 is 0 Å². The minimum Gasteiger partial charge on any atom is -0.453 e. The van der Waals surface area contributed by atoms with E-state index in [0.717, 1.165) is 14.2 Å². The molecule has 0 unspecified atom stereocenters. The second kappa shape index (κ2) is 7.81. The SMILES string of the molecule is CCc1ccc(C(NC(=O)OC)NC(=O)OC)cc1[N+](=O)[O-]. The lowest BCUT2D eigenvalue weighted by atomic mass is 10.1. The molecule has 120 valence electrons. The third-order valence-electron chi connectivity index (χ3n) is 2.92. The van der Waals surface area contributed by atoms with Crippen LogP contribution in [0.1, 0.15) is 24.2 Å². The van der Waals surface area contributed by atoms with Gasteiger partial charge in [0.05, 0.1) is 19.1 Å². The van der Waals surface area contributed by atoms with Gasteiger partial charge in [-0.25, -0.2) is 9.59 Å². The van der Waals surface area contributed by atoms with Crippen molar-refractivity contribution in [2.24, 2.45) is 0 Å². The molecular weight excluding hydrogens is 294 g/mol. The van der Waals surface area contributed by atoms with Crippen molar-refractivity contribution >= 4 is 17.9 Å². The molecule has 0 bridgehead atoms. The van der Waals surface area contributed by atoms with Crippen molar-refractivity contribution < 1.29 is 24.0 Å². The number of hydrogen-bond donors (Lipinski definition) is 2. The van der Waals surface area contributed by atoms with Crippen LogP contribution in [0.15, 0.2) is 18.2 Å². The summed E-state index contributed by atoms with van der Waals surface area (Å²) in [6.45, 7) is 1.79. The molecule has 0 fully saturated rings. The molecule has 9 heteroatoms. The molecule has 0 atom stereocenters. The minimum absolute atomic E-state index is 0.0941. The predicted molar refractivity (Wildman–Crippen MR) is 76.3 cm³/mol. The molecule has 1 aromatic rings. The summed E-state index contributed by atoms with van der Waals surface area (Å²) >= 11 is 0. The van der Waals surface area contributed by atoms with Crippen molar-refractivity contribution in [3.63, 3.8) is 0 Å². The quantitative estimate of drug-likeness (QED) is 0.486. The van der Waals surface area contributed by atoms with E-state index in [1.165, 1.54) is 6.07 Å². The molecule has 0 aliphatic carbocycles. The van der Waals surface area contributed by atoms with Crippen molar-refractivity contribution in [3.05, 3.63) is 39.4 Å². The van der Waals surface area contributed by atoms with Gasteiger partial charge in [0, 0.05) is 17.2 Å². The molecule has 0 aliphatic heterocycles. The summed E-state index contributed by atoms with van der Waals surface area (Å²) in [5.41, 5.74) is 0.770. The zero-order valence-corrected chi connectivity index (χ0v) is 12.4. The number of amides is 2. The molecular formula is C13H17N3O6. The number of rotatable bonds is 5. The number of aryl methyl sites for hydroxylation is 1. The van der Waals surface area contributed by atoms with Crippen LogP contribution in [0.5, 0.6) is 0 Å². The molecule has 22 heavy (non-hydrogen) atoms. The van der Waals surface area contributed by atoms with Gasteiger partial charge in [-0.05, 0) is 6.42 Å². The van der Waals surface area contributed by atoms with Crippen LogP contribution in [0, 0.1) is 10.1 Å². The highest BCUT2D eigenvalue weighted by atomic mass is 16.6. The third-order valence-corrected chi connectivity index (χ3v) is 2.92. The minimum atomic E-state index is -1.02. The van der Waals surface area contributed by atoms with E-state index in [-0.39, 0.29) is 5.69 Å². The largest absolute Gasteiger partial charge is 0.453 e. The monoisotopic (exact) mass is 311 g/mol. The van der Waals surface area contributed by atoms with E-state index in [4.69, 9.17) is 0 Å². The molecule has 0 spiro atoms. The maximum Gasteiger partial charge on any atom is 0.408 e. The zero-order chi connectivity index (χ0) is 16.7. The number of carbonyl (C=O) groups is 2. The van der Waals surface area contributed by atoms with Gasteiger partial charge >= 0.3 is 12.2 Å². The summed E-state index contributed by atoms with van der Waals surface area (Å²) in [4.78, 5) is 33.3. The first-order chi connectivity index (χ1) is 10.4. The maximum atomic E-state index is 11.3. The van der Waals surface area contributed by atoms with E-state index in [9.17, 15) is 19.7 Å². The van der Waals surface area contributed by atoms with Crippen LogP contribution >= 0.6 is 0 Å². The Kier molecular flexibility index (Phi) is 6.11. The number of hydrogen-bond acceptors (Lipinski definition) is 6. The average Bonchev–Trinajstić information content (AvgIpc) is 2.52. The summed E-state index contributed by atoms with van der Waals surface area (Å²) in [6, 6.07) is 4.43. The fraction of sp³-hybridized carbons (Fsp3) is 0.385. The number of ether oxygens (including phenoxy) is 2. The first-order valence-corrected chi connectivity index (χ1v) is 6.39. The van der Waals surface area contributed by atoms with Gasteiger partial charge < -0.3 is 9.47 Å². The Morgan fingerprint density at radius 2 is 1.77 bits per heavy atom. The summed E-state index contributed by atoms with van der Waals surface area (Å²) in [7, 11) is 2.32. The Hall–Kier alpha value is -2.84. The Morgan fingerprint density at radius 3 is 2.18 bits per heavy atom. The van der Waals surface area contributed by atoms with Gasteiger partial charge in [0.15, 0.2) is 0 Å². The Labute approximate surface area is 126 Å². The number of alkyl carbamates (subject to hydrolysis) is 2. The molecule has 1 aromatic carbocycles. The molecule has 0 heterocycles. The van der Waals surface area contributed by atoms with E-state index in [1.54, 1.807) is 19.1 Å². The predicted octanol–water partition coefficient (Wildman–Crippen LogP) is 1.87. The van der Waals surface area contributed by atoms with Crippen molar-refractivity contribution in [2.45, 2.75) is 19.5 Å². The number of methoxy groups -OCH3 is 2. The van der Waals surface area contributed by atoms with E-state index in [2.05, 4.69) is 20.1 Å². The van der Waals surface area contributed by atoms with Gasteiger partial charge in [0.25, 0.3) is 5.69 Å². The normalized spacial score (nSPS) is 10.0. The van der Waals surface area contributed by atoms with Crippen molar-refractivity contribution in [3.8, 4) is 0 Å². The molecule has 2 N–H and O–H groups in total. The number of nitrogens with one attached hydrogen (secondary N) is 2. The fourth-order valence-corrected chi connectivity index (χ4v) is 1.79. The smallest absolute Gasteiger partial charge is 0.408 e.